The van der Waals surface area contributed by atoms with Crippen LogP contribution in [0, 0.1) is 6.92 Å². The van der Waals surface area contributed by atoms with E-state index >= 15 is 0 Å². The molecule has 3 rings (SSSR count). The number of halogens is 6. The van der Waals surface area contributed by atoms with Crippen LogP contribution < -0.4 is 0 Å². The van der Waals surface area contributed by atoms with Gasteiger partial charge in [-0.15, -0.1) is 0 Å². The molecule has 1 aromatic carbocycles. The lowest BCUT2D eigenvalue weighted by Gasteiger charge is -2.45. The normalized spacial score (nSPS) is 19.3. The first-order valence-corrected chi connectivity index (χ1v) is 10.4. The molecule has 33 heavy (non-hydrogen) atoms. The standard InChI is InChI=1S/C21H24F6N2O4/c1-13-11-14(3-4-15(13)16(30)31)12-29-8-2-5-19(29)6-9-28(10-7-19)18(32)33-17(20(22,23)24)21(25,26)27/h3-4,11,17H,2,5-10,12H2,1H3,(H,30,31). The summed E-state index contributed by atoms with van der Waals surface area (Å²) in [6.07, 6.45) is -14.9. The number of carboxylic acids is 1. The fraction of sp³-hybridized carbons (Fsp3) is 0.619. The van der Waals surface area contributed by atoms with Crippen LogP contribution in [0.5, 0.6) is 0 Å². The number of carboxylic acid groups (broad SMARTS) is 1. The smallest absolute Gasteiger partial charge is 0.434 e. The average Bonchev–Trinajstić information content (AvgIpc) is 3.06. The molecule has 12 heteroatoms. The molecule has 184 valence electrons. The van der Waals surface area contributed by atoms with Crippen LogP contribution in [-0.4, -0.2) is 70.6 Å². The van der Waals surface area contributed by atoms with Crippen LogP contribution in [0.1, 0.15) is 47.2 Å². The Morgan fingerprint density at radius 3 is 2.18 bits per heavy atom. The summed E-state index contributed by atoms with van der Waals surface area (Å²) < 4.78 is 79.9. The average molecular weight is 482 g/mol. The Hall–Kier alpha value is -2.50. The van der Waals surface area contributed by atoms with E-state index in [9.17, 15) is 41.0 Å². The highest BCUT2D eigenvalue weighted by Gasteiger charge is 2.60. The van der Waals surface area contributed by atoms with E-state index in [2.05, 4.69) is 9.64 Å². The summed E-state index contributed by atoms with van der Waals surface area (Å²) >= 11 is 0. The Bertz CT molecular complexity index is 880. The van der Waals surface area contributed by atoms with Gasteiger partial charge in [-0.1, -0.05) is 12.1 Å². The summed E-state index contributed by atoms with van der Waals surface area (Å²) in [6, 6.07) is 5.05. The van der Waals surface area contributed by atoms with Gasteiger partial charge in [-0.05, 0) is 56.3 Å². The van der Waals surface area contributed by atoms with E-state index in [1.54, 1.807) is 19.1 Å². The molecular weight excluding hydrogens is 458 g/mol. The van der Waals surface area contributed by atoms with Gasteiger partial charge in [0.1, 0.15) is 0 Å². The summed E-state index contributed by atoms with van der Waals surface area (Å²) in [6.45, 7) is 2.93. The molecule has 0 atom stereocenters. The van der Waals surface area contributed by atoms with Crippen molar-refractivity contribution in [1.82, 2.24) is 9.80 Å². The summed E-state index contributed by atoms with van der Waals surface area (Å²) in [5.41, 5.74) is 1.40. The number of aromatic carboxylic acids is 1. The van der Waals surface area contributed by atoms with E-state index in [-0.39, 0.29) is 24.2 Å². The van der Waals surface area contributed by atoms with Crippen molar-refractivity contribution in [2.75, 3.05) is 19.6 Å². The van der Waals surface area contributed by atoms with E-state index < -0.39 is 30.5 Å². The fourth-order valence-corrected chi connectivity index (χ4v) is 4.69. The zero-order valence-corrected chi connectivity index (χ0v) is 17.8. The minimum Gasteiger partial charge on any atom is -0.478 e. The van der Waals surface area contributed by atoms with Crippen molar-refractivity contribution < 1.29 is 45.8 Å². The number of piperidine rings is 1. The van der Waals surface area contributed by atoms with Gasteiger partial charge >= 0.3 is 24.4 Å². The van der Waals surface area contributed by atoms with Gasteiger partial charge in [-0.25, -0.2) is 9.59 Å². The van der Waals surface area contributed by atoms with E-state index in [4.69, 9.17) is 0 Å². The number of hydrogen-bond donors (Lipinski definition) is 1. The van der Waals surface area contributed by atoms with Crippen molar-refractivity contribution in [2.45, 2.75) is 63.1 Å². The Balaban J connectivity index is 1.64. The highest BCUT2D eigenvalue weighted by atomic mass is 19.4. The molecule has 2 fully saturated rings. The number of nitrogens with zero attached hydrogens (tertiary/aromatic N) is 2. The highest BCUT2D eigenvalue weighted by molar-refractivity contribution is 5.89. The predicted octanol–water partition coefficient (Wildman–Crippen LogP) is 4.75. The minimum absolute atomic E-state index is 0.0191. The molecule has 1 amide bonds. The fourth-order valence-electron chi connectivity index (χ4n) is 4.69. The third-order valence-electron chi connectivity index (χ3n) is 6.40. The van der Waals surface area contributed by atoms with Gasteiger partial charge in [0.25, 0.3) is 6.10 Å². The molecular formula is C21H24F6N2O4. The molecule has 1 N–H and O–H groups in total. The van der Waals surface area contributed by atoms with Gasteiger partial charge in [-0.3, -0.25) is 4.90 Å². The molecule has 0 radical (unpaired) electrons. The number of alkyl halides is 6. The molecule has 0 unspecified atom stereocenters. The number of hydrogen-bond acceptors (Lipinski definition) is 4. The first-order chi connectivity index (χ1) is 15.2. The van der Waals surface area contributed by atoms with Crippen LogP contribution in [0.2, 0.25) is 0 Å². The first kappa shape index (κ1) is 25.1. The Morgan fingerprint density at radius 2 is 1.67 bits per heavy atom. The van der Waals surface area contributed by atoms with Crippen molar-refractivity contribution in [3.63, 3.8) is 0 Å². The van der Waals surface area contributed by atoms with Crippen LogP contribution in [0.25, 0.3) is 0 Å². The van der Waals surface area contributed by atoms with Crippen LogP contribution in [0.15, 0.2) is 18.2 Å². The van der Waals surface area contributed by atoms with Crippen molar-refractivity contribution in [3.8, 4) is 0 Å². The van der Waals surface area contributed by atoms with Crippen molar-refractivity contribution in [1.29, 1.82) is 0 Å². The summed E-state index contributed by atoms with van der Waals surface area (Å²) in [4.78, 5) is 26.3. The number of rotatable bonds is 4. The van der Waals surface area contributed by atoms with Crippen molar-refractivity contribution >= 4 is 12.1 Å². The predicted molar refractivity (Wildman–Crippen MR) is 104 cm³/mol. The van der Waals surface area contributed by atoms with E-state index in [1.165, 1.54) is 6.07 Å². The third-order valence-corrected chi connectivity index (χ3v) is 6.40. The van der Waals surface area contributed by atoms with Gasteiger partial charge in [0, 0.05) is 25.2 Å². The minimum atomic E-state index is -5.75. The number of ether oxygens (including phenoxy) is 1. The van der Waals surface area contributed by atoms with E-state index in [0.29, 0.717) is 24.9 Å². The van der Waals surface area contributed by atoms with Gasteiger partial charge in [0.05, 0.1) is 5.56 Å². The van der Waals surface area contributed by atoms with E-state index in [1.807, 2.05) is 0 Å². The van der Waals surface area contributed by atoms with E-state index in [0.717, 1.165) is 29.8 Å². The number of benzene rings is 1. The lowest BCUT2D eigenvalue weighted by Crippen LogP contribution is -2.54. The van der Waals surface area contributed by atoms with Gasteiger partial charge in [-0.2, -0.15) is 26.3 Å². The molecule has 6 nitrogen and oxygen atoms in total. The van der Waals surface area contributed by atoms with Gasteiger partial charge in [0.15, 0.2) is 0 Å². The Morgan fingerprint density at radius 1 is 1.06 bits per heavy atom. The summed E-state index contributed by atoms with van der Waals surface area (Å²) in [5.74, 6) is -1.02. The largest absolute Gasteiger partial charge is 0.478 e. The SMILES string of the molecule is Cc1cc(CN2CCCC23CCN(C(=O)OC(C(F)(F)F)C(F)(F)F)CC3)ccc1C(=O)O. The molecule has 2 aliphatic rings. The molecule has 1 spiro atoms. The number of amides is 1. The lowest BCUT2D eigenvalue weighted by atomic mass is 9.84. The van der Waals surface area contributed by atoms with Crippen LogP contribution >= 0.6 is 0 Å². The Labute approximate surface area is 186 Å². The second-order valence-electron chi connectivity index (χ2n) is 8.54. The molecule has 2 aliphatic heterocycles. The molecule has 2 heterocycles. The van der Waals surface area contributed by atoms with Crippen LogP contribution in [0.4, 0.5) is 31.1 Å². The summed E-state index contributed by atoms with van der Waals surface area (Å²) in [5, 5.41) is 9.18. The lowest BCUT2D eigenvalue weighted by molar-refractivity contribution is -0.308. The second kappa shape index (κ2) is 9.03. The van der Waals surface area contributed by atoms with Gasteiger partial charge in [0.2, 0.25) is 0 Å². The topological polar surface area (TPSA) is 70.1 Å². The molecule has 0 aromatic heterocycles. The first-order valence-electron chi connectivity index (χ1n) is 10.4. The van der Waals surface area contributed by atoms with Crippen molar-refractivity contribution in [3.05, 3.63) is 34.9 Å². The maximum atomic E-state index is 12.7. The summed E-state index contributed by atoms with van der Waals surface area (Å²) in [7, 11) is 0. The maximum absolute atomic E-state index is 12.7. The number of carbonyl (C=O) groups excluding carboxylic acids is 1. The quantitative estimate of drug-likeness (QED) is 0.628. The van der Waals surface area contributed by atoms with Crippen LogP contribution in [0.3, 0.4) is 0 Å². The zero-order chi connectivity index (χ0) is 24.6. The van der Waals surface area contributed by atoms with Crippen molar-refractivity contribution in [2.24, 2.45) is 0 Å². The molecule has 2 saturated heterocycles. The maximum Gasteiger partial charge on any atom is 0.434 e. The number of carbonyl (C=O) groups is 2. The zero-order valence-electron chi connectivity index (χ0n) is 17.8. The van der Waals surface area contributed by atoms with Crippen LogP contribution in [-0.2, 0) is 11.3 Å². The number of likely N-dealkylation sites (tertiary alicyclic amines) is 2. The molecule has 0 aliphatic carbocycles. The third kappa shape index (κ3) is 5.53. The second-order valence-corrected chi connectivity index (χ2v) is 8.54. The number of aryl methyl sites for hydroxylation is 1. The van der Waals surface area contributed by atoms with Gasteiger partial charge < -0.3 is 14.7 Å². The molecule has 1 aromatic rings. The molecule has 0 bridgehead atoms. The highest BCUT2D eigenvalue weighted by Crippen LogP contribution is 2.40. The monoisotopic (exact) mass is 482 g/mol. The molecule has 0 saturated carbocycles. The Kier molecular flexibility index (Phi) is 6.88.